The van der Waals surface area contributed by atoms with E-state index < -0.39 is 30.1 Å². The van der Waals surface area contributed by atoms with Crippen molar-refractivity contribution in [2.45, 2.75) is 0 Å². The predicted octanol–water partition coefficient (Wildman–Crippen LogP) is 8.99. The number of hydrogen-bond acceptors (Lipinski definition) is 1. The molecule has 300 valence electrons. The van der Waals surface area contributed by atoms with Crippen LogP contribution >= 0.6 is 16.8 Å². The summed E-state index contributed by atoms with van der Waals surface area (Å²) in [5, 5.41) is 11.5. The van der Waals surface area contributed by atoms with Crippen LogP contribution in [-0.2, 0) is 18.1 Å². The Kier molecular flexibility index (Phi) is 11.8. The van der Waals surface area contributed by atoms with Gasteiger partial charge in [0.05, 0.1) is 0 Å². The summed E-state index contributed by atoms with van der Waals surface area (Å²) < 4.78 is 0. The SMILES string of the molecule is O=[CH][RhH]([PH](c1ccccc1)(c1ccccc1)c1ccccc1)([PH](c1ccccc1)(c1ccccc1)c1ccccc1)[PH](c1ccccc1)(c1ccccc1)c1ccccc1. The monoisotopic (exact) mass is 922 g/mol. The first-order valence-corrected chi connectivity index (χ1v) is 34.8. The maximum absolute atomic E-state index is 17.1. The second-order valence-corrected chi connectivity index (χ2v) is 55.0. The molecular weight excluding hydrogens is 872 g/mol. The number of benzene rings is 9. The van der Waals surface area contributed by atoms with Crippen LogP contribution in [0.4, 0.5) is 0 Å². The van der Waals surface area contributed by atoms with Crippen molar-refractivity contribution in [2.24, 2.45) is 0 Å². The van der Waals surface area contributed by atoms with Gasteiger partial charge in [-0.3, -0.25) is 0 Å². The van der Waals surface area contributed by atoms with Crippen LogP contribution < -0.4 is 47.7 Å². The summed E-state index contributed by atoms with van der Waals surface area (Å²) in [7, 11) is 0. The molecule has 0 radical (unpaired) electrons. The molecule has 9 rings (SSSR count). The van der Waals surface area contributed by atoms with Gasteiger partial charge in [0.15, 0.2) is 0 Å². The number of carbonyl (C=O) groups is 1. The summed E-state index contributed by atoms with van der Waals surface area (Å²) in [5.41, 5.74) is -10.9. The first kappa shape index (κ1) is 40.0. The fourth-order valence-corrected chi connectivity index (χ4v) is 118. The van der Waals surface area contributed by atoms with Crippen LogP contribution in [0.15, 0.2) is 273 Å². The van der Waals surface area contributed by atoms with E-state index in [9.17, 15) is 0 Å². The molecule has 0 aliphatic carbocycles. The molecule has 0 aromatic heterocycles. The van der Waals surface area contributed by atoms with E-state index in [1.165, 1.54) is 47.7 Å². The van der Waals surface area contributed by atoms with Crippen LogP contribution in [0, 0.1) is 0 Å². The predicted molar refractivity (Wildman–Crippen MR) is 268 cm³/mol. The van der Waals surface area contributed by atoms with Crippen molar-refractivity contribution >= 4 is 69.4 Å². The molecule has 9 aromatic rings. The fourth-order valence-electron chi connectivity index (χ4n) is 9.71. The molecule has 0 atom stereocenters. The molecule has 0 saturated heterocycles. The van der Waals surface area contributed by atoms with Gasteiger partial charge < -0.3 is 0 Å². The molecule has 0 spiro atoms. The fraction of sp³-hybridized carbons (Fsp3) is 0. The average Bonchev–Trinajstić information content (AvgIpc) is 3.35. The molecule has 0 amide bonds. The molecule has 0 fully saturated rings. The molecule has 0 bridgehead atoms. The Balaban J connectivity index is 1.74. The molecule has 0 unspecified atom stereocenters. The van der Waals surface area contributed by atoms with Gasteiger partial charge in [-0.2, -0.15) is 0 Å². The maximum atomic E-state index is 17.1. The quantitative estimate of drug-likeness (QED) is 0.0642. The van der Waals surface area contributed by atoms with Crippen molar-refractivity contribution in [3.05, 3.63) is 273 Å². The van der Waals surface area contributed by atoms with Crippen molar-refractivity contribution in [3.63, 3.8) is 0 Å². The Morgan fingerprint density at radius 1 is 0.217 bits per heavy atom. The van der Waals surface area contributed by atoms with E-state index in [0.29, 0.717) is 0 Å². The van der Waals surface area contributed by atoms with Crippen molar-refractivity contribution in [3.8, 4) is 0 Å². The van der Waals surface area contributed by atoms with Crippen LogP contribution in [0.5, 0.6) is 0 Å². The van der Waals surface area contributed by atoms with Gasteiger partial charge in [-0.05, 0) is 0 Å². The van der Waals surface area contributed by atoms with Gasteiger partial charge >= 0.3 is 361 Å². The molecule has 0 saturated carbocycles. The standard InChI is InChI=1S/3C18H15P.CHO.Rh.H/c3*1-4-10-16(11-5-1)19(17-12-6-2-7-13-17)18-14-8-3-9-15-18;1-2;;/h3*1-15H;1H;;/q;;;;-3;/p+3. The molecule has 0 aliphatic rings. The summed E-state index contributed by atoms with van der Waals surface area (Å²) >= 11 is -4.69. The summed E-state index contributed by atoms with van der Waals surface area (Å²) in [5.74, 6) is 0. The van der Waals surface area contributed by atoms with Crippen LogP contribution in [-0.4, -0.2) is 4.88 Å². The summed E-state index contributed by atoms with van der Waals surface area (Å²) in [6.07, 6.45) is 0. The normalized spacial score (nSPS) is 13.1. The molecule has 9 aromatic carbocycles. The zero-order chi connectivity index (χ0) is 40.7. The van der Waals surface area contributed by atoms with E-state index in [4.69, 9.17) is 0 Å². The van der Waals surface area contributed by atoms with E-state index in [2.05, 4.69) is 273 Å². The van der Waals surface area contributed by atoms with Gasteiger partial charge in [-0.15, -0.1) is 0 Å². The zero-order valence-electron chi connectivity index (χ0n) is 33.3. The Labute approximate surface area is 358 Å². The number of hydrogen-bond donors (Lipinski definition) is 0. The van der Waals surface area contributed by atoms with Crippen LogP contribution in [0.25, 0.3) is 0 Å². The van der Waals surface area contributed by atoms with Gasteiger partial charge in [0.1, 0.15) is 0 Å². The van der Waals surface area contributed by atoms with Crippen LogP contribution in [0.1, 0.15) is 0 Å². The topological polar surface area (TPSA) is 17.1 Å². The van der Waals surface area contributed by atoms with E-state index in [-0.39, 0.29) is 0 Å². The zero-order valence-corrected chi connectivity index (χ0v) is 38.1. The van der Waals surface area contributed by atoms with Gasteiger partial charge in [-0.1, -0.05) is 0 Å². The van der Waals surface area contributed by atoms with Gasteiger partial charge in [0.25, 0.3) is 0 Å². The first-order valence-electron chi connectivity index (χ1n) is 20.4. The van der Waals surface area contributed by atoms with Gasteiger partial charge in [0, 0.05) is 0 Å². The van der Waals surface area contributed by atoms with Crippen LogP contribution in [0.3, 0.4) is 0 Å². The third-order valence-corrected chi connectivity index (χ3v) is 86.8. The minimum atomic E-state index is -4.69. The Morgan fingerprint density at radius 3 is 0.433 bits per heavy atom. The van der Waals surface area contributed by atoms with Crippen molar-refractivity contribution in [1.29, 1.82) is 0 Å². The molecule has 5 heteroatoms. The van der Waals surface area contributed by atoms with E-state index in [1.54, 1.807) is 4.88 Å². The Hall–Kier alpha value is -5.44. The summed E-state index contributed by atoms with van der Waals surface area (Å²) in [4.78, 5) is 18.8. The van der Waals surface area contributed by atoms with Crippen molar-refractivity contribution in [2.75, 3.05) is 0 Å². The average molecular weight is 923 g/mol. The van der Waals surface area contributed by atoms with Crippen molar-refractivity contribution in [1.82, 2.24) is 0 Å². The van der Waals surface area contributed by atoms with Gasteiger partial charge in [0.2, 0.25) is 0 Å². The van der Waals surface area contributed by atoms with Crippen LogP contribution in [0.2, 0.25) is 0 Å². The third-order valence-electron chi connectivity index (χ3n) is 11.9. The number of rotatable bonds is 13. The summed E-state index contributed by atoms with van der Waals surface area (Å²) in [6, 6.07) is 102. The molecular formula is C55H50OP3Rh. The number of carbonyl (C=O) groups excluding carboxylic acids is 1. The van der Waals surface area contributed by atoms with Crippen molar-refractivity contribution < 1.29 is 18.1 Å². The first-order chi connectivity index (χ1) is 29.8. The Morgan fingerprint density at radius 2 is 0.333 bits per heavy atom. The molecule has 1 nitrogen and oxygen atoms in total. The molecule has 0 N–H and O–H groups in total. The Bertz CT molecular complexity index is 2150. The second-order valence-electron chi connectivity index (χ2n) is 14.9. The second kappa shape index (κ2) is 17.7. The molecule has 0 heterocycles. The van der Waals surface area contributed by atoms with E-state index >= 15 is 4.79 Å². The minimum absolute atomic E-state index is 1.28. The third kappa shape index (κ3) is 6.16. The molecule has 60 heavy (non-hydrogen) atoms. The molecule has 0 aliphatic heterocycles. The van der Waals surface area contributed by atoms with Gasteiger partial charge in [-0.25, -0.2) is 0 Å². The van der Waals surface area contributed by atoms with E-state index in [0.717, 1.165) is 0 Å². The van der Waals surface area contributed by atoms with E-state index in [1.807, 2.05) is 0 Å². The summed E-state index contributed by atoms with van der Waals surface area (Å²) in [6.45, 7) is 0.